The van der Waals surface area contributed by atoms with Gasteiger partial charge < -0.3 is 14.6 Å². The third-order valence-electron chi connectivity index (χ3n) is 5.53. The number of benzene rings is 2. The van der Waals surface area contributed by atoms with E-state index in [2.05, 4.69) is 10.3 Å². The van der Waals surface area contributed by atoms with E-state index in [4.69, 9.17) is 4.74 Å². The predicted octanol–water partition coefficient (Wildman–Crippen LogP) is 2.44. The molecule has 0 bridgehead atoms. The molecule has 0 saturated carbocycles. The van der Waals surface area contributed by atoms with E-state index in [1.807, 2.05) is 42.0 Å². The Hall–Kier alpha value is -3.01. The molecule has 1 saturated heterocycles. The molecule has 32 heavy (non-hydrogen) atoms. The number of aryl methyl sites for hydroxylation is 2. The van der Waals surface area contributed by atoms with Crippen molar-refractivity contribution in [2.24, 2.45) is 0 Å². The van der Waals surface area contributed by atoms with Gasteiger partial charge in [0.25, 0.3) is 5.91 Å². The standard InChI is InChI=1S/C23H26N4O4S/c1-17-3-6-20(15-22(17)32(29,30)26-11-13-31-14-12-26)23(28)25-16-19-4-7-21(8-5-19)27-10-9-24-18(27)2/h3-10,15H,11-14,16H2,1-2H3,(H,25,28). The summed E-state index contributed by atoms with van der Waals surface area (Å²) in [5.41, 5.74) is 2.85. The molecule has 9 heteroatoms. The first-order chi connectivity index (χ1) is 15.4. The van der Waals surface area contributed by atoms with E-state index in [-0.39, 0.29) is 10.8 Å². The van der Waals surface area contributed by atoms with Gasteiger partial charge in [0.15, 0.2) is 0 Å². The summed E-state index contributed by atoms with van der Waals surface area (Å²) in [4.78, 5) is 17.1. The summed E-state index contributed by atoms with van der Waals surface area (Å²) in [6.45, 7) is 5.37. The molecule has 0 aliphatic carbocycles. The number of morpholine rings is 1. The summed E-state index contributed by atoms with van der Waals surface area (Å²) < 4.78 is 34.7. The molecule has 2 heterocycles. The van der Waals surface area contributed by atoms with E-state index in [1.165, 1.54) is 10.4 Å². The summed E-state index contributed by atoms with van der Waals surface area (Å²) in [5.74, 6) is 0.575. The highest BCUT2D eigenvalue weighted by molar-refractivity contribution is 7.89. The molecule has 1 N–H and O–H groups in total. The van der Waals surface area contributed by atoms with Crippen molar-refractivity contribution < 1.29 is 17.9 Å². The largest absolute Gasteiger partial charge is 0.379 e. The lowest BCUT2D eigenvalue weighted by atomic mass is 10.1. The first-order valence-corrected chi connectivity index (χ1v) is 11.9. The van der Waals surface area contributed by atoms with Gasteiger partial charge in [0.05, 0.1) is 18.1 Å². The molecule has 0 radical (unpaired) electrons. The molecule has 0 unspecified atom stereocenters. The van der Waals surface area contributed by atoms with Gasteiger partial charge in [0.1, 0.15) is 5.82 Å². The molecular formula is C23H26N4O4S. The zero-order chi connectivity index (χ0) is 22.7. The lowest BCUT2D eigenvalue weighted by molar-refractivity contribution is 0.0730. The van der Waals surface area contributed by atoms with Gasteiger partial charge in [-0.1, -0.05) is 18.2 Å². The van der Waals surface area contributed by atoms with Crippen LogP contribution < -0.4 is 5.32 Å². The van der Waals surface area contributed by atoms with Gasteiger partial charge in [0.2, 0.25) is 10.0 Å². The topological polar surface area (TPSA) is 93.5 Å². The molecule has 1 aromatic heterocycles. The van der Waals surface area contributed by atoms with E-state index in [0.29, 0.717) is 44.0 Å². The summed E-state index contributed by atoms with van der Waals surface area (Å²) in [7, 11) is -3.68. The Bertz CT molecular complexity index is 1210. The minimum absolute atomic E-state index is 0.159. The maximum atomic E-state index is 13.0. The number of nitrogens with zero attached hydrogens (tertiary/aromatic N) is 3. The smallest absolute Gasteiger partial charge is 0.251 e. The second kappa shape index (κ2) is 9.23. The van der Waals surface area contributed by atoms with Crippen molar-refractivity contribution in [1.82, 2.24) is 19.2 Å². The monoisotopic (exact) mass is 454 g/mol. The number of aromatic nitrogens is 2. The van der Waals surface area contributed by atoms with Crippen LogP contribution in [0, 0.1) is 13.8 Å². The molecule has 1 aliphatic rings. The average molecular weight is 455 g/mol. The molecule has 0 spiro atoms. The third-order valence-corrected chi connectivity index (χ3v) is 7.57. The number of amides is 1. The van der Waals surface area contributed by atoms with E-state index >= 15 is 0 Å². The molecule has 3 aromatic rings. The van der Waals surface area contributed by atoms with E-state index in [1.54, 1.807) is 25.3 Å². The number of hydrogen-bond donors (Lipinski definition) is 1. The Morgan fingerprint density at radius 1 is 1.09 bits per heavy atom. The molecule has 1 aliphatic heterocycles. The molecule has 0 atom stereocenters. The van der Waals surface area contributed by atoms with Gasteiger partial charge >= 0.3 is 0 Å². The number of nitrogens with one attached hydrogen (secondary N) is 1. The molecule has 2 aromatic carbocycles. The molecule has 4 rings (SSSR count). The van der Waals surface area contributed by atoms with Crippen LogP contribution in [0.25, 0.3) is 5.69 Å². The zero-order valence-corrected chi connectivity index (χ0v) is 18.9. The van der Waals surface area contributed by atoms with Crippen molar-refractivity contribution in [1.29, 1.82) is 0 Å². The fourth-order valence-electron chi connectivity index (χ4n) is 3.65. The van der Waals surface area contributed by atoms with E-state index < -0.39 is 10.0 Å². The maximum Gasteiger partial charge on any atom is 0.251 e. The maximum absolute atomic E-state index is 13.0. The van der Waals surface area contributed by atoms with Crippen molar-refractivity contribution in [3.63, 3.8) is 0 Å². The first kappa shape index (κ1) is 22.2. The van der Waals surface area contributed by atoms with Crippen molar-refractivity contribution in [2.75, 3.05) is 26.3 Å². The van der Waals surface area contributed by atoms with Gasteiger partial charge in [-0.2, -0.15) is 4.31 Å². The number of hydrogen-bond acceptors (Lipinski definition) is 5. The predicted molar refractivity (Wildman–Crippen MR) is 120 cm³/mol. The summed E-state index contributed by atoms with van der Waals surface area (Å²) in [6, 6.07) is 12.6. The van der Waals surface area contributed by atoms with Gasteiger partial charge in [0, 0.05) is 43.3 Å². The minimum Gasteiger partial charge on any atom is -0.379 e. The molecule has 1 fully saturated rings. The lowest BCUT2D eigenvalue weighted by Gasteiger charge is -2.26. The van der Waals surface area contributed by atoms with Crippen molar-refractivity contribution in [3.05, 3.63) is 77.4 Å². The SMILES string of the molecule is Cc1ccc(C(=O)NCc2ccc(-n3ccnc3C)cc2)cc1S(=O)(=O)N1CCOCC1. The van der Waals surface area contributed by atoms with Crippen LogP contribution in [0.5, 0.6) is 0 Å². The Balaban J connectivity index is 1.46. The molecule has 168 valence electrons. The Kier molecular flexibility index (Phi) is 6.40. The highest BCUT2D eigenvalue weighted by Gasteiger charge is 2.28. The average Bonchev–Trinajstić information content (AvgIpc) is 3.24. The Morgan fingerprint density at radius 3 is 2.47 bits per heavy atom. The molecule has 8 nitrogen and oxygen atoms in total. The van der Waals surface area contributed by atoms with Crippen molar-refractivity contribution >= 4 is 15.9 Å². The summed E-state index contributed by atoms with van der Waals surface area (Å²) in [6.07, 6.45) is 3.64. The van der Waals surface area contributed by atoms with Crippen LogP contribution in [0.4, 0.5) is 0 Å². The van der Waals surface area contributed by atoms with E-state index in [0.717, 1.165) is 17.1 Å². The quantitative estimate of drug-likeness (QED) is 0.618. The number of imidazole rings is 1. The van der Waals surface area contributed by atoms with Crippen molar-refractivity contribution in [3.8, 4) is 5.69 Å². The number of carbonyl (C=O) groups excluding carboxylic acids is 1. The Labute approximate surface area is 187 Å². The van der Waals surface area contributed by atoms with Crippen LogP contribution in [-0.2, 0) is 21.3 Å². The number of sulfonamides is 1. The van der Waals surface area contributed by atoms with Crippen LogP contribution in [0.2, 0.25) is 0 Å². The molecular weight excluding hydrogens is 428 g/mol. The van der Waals surface area contributed by atoms with Crippen LogP contribution >= 0.6 is 0 Å². The van der Waals surface area contributed by atoms with Crippen LogP contribution in [0.3, 0.4) is 0 Å². The molecule has 1 amide bonds. The second-order valence-corrected chi connectivity index (χ2v) is 9.60. The second-order valence-electron chi connectivity index (χ2n) is 7.69. The van der Waals surface area contributed by atoms with Gasteiger partial charge in [-0.3, -0.25) is 4.79 Å². The number of carbonyl (C=O) groups is 1. The summed E-state index contributed by atoms with van der Waals surface area (Å²) in [5, 5.41) is 2.87. The fraction of sp³-hybridized carbons (Fsp3) is 0.304. The van der Waals surface area contributed by atoms with Gasteiger partial charge in [-0.05, 0) is 49.2 Å². The minimum atomic E-state index is -3.68. The highest BCUT2D eigenvalue weighted by atomic mass is 32.2. The zero-order valence-electron chi connectivity index (χ0n) is 18.1. The third kappa shape index (κ3) is 4.59. The normalized spacial score (nSPS) is 14.9. The van der Waals surface area contributed by atoms with Gasteiger partial charge in [-0.15, -0.1) is 0 Å². The van der Waals surface area contributed by atoms with E-state index in [9.17, 15) is 13.2 Å². The summed E-state index contributed by atoms with van der Waals surface area (Å²) >= 11 is 0. The Morgan fingerprint density at radius 2 is 1.81 bits per heavy atom. The van der Waals surface area contributed by atoms with Crippen LogP contribution in [-0.4, -0.2) is 54.5 Å². The van der Waals surface area contributed by atoms with Crippen molar-refractivity contribution in [2.45, 2.75) is 25.3 Å². The number of rotatable bonds is 6. The van der Waals surface area contributed by atoms with Gasteiger partial charge in [-0.25, -0.2) is 13.4 Å². The lowest BCUT2D eigenvalue weighted by Crippen LogP contribution is -2.41. The number of ether oxygens (including phenoxy) is 1. The first-order valence-electron chi connectivity index (χ1n) is 10.4. The highest BCUT2D eigenvalue weighted by Crippen LogP contribution is 2.22. The fourth-order valence-corrected chi connectivity index (χ4v) is 5.31. The van der Waals surface area contributed by atoms with Crippen LogP contribution in [0.1, 0.15) is 27.3 Å². The van der Waals surface area contributed by atoms with Crippen LogP contribution in [0.15, 0.2) is 59.8 Å².